The first kappa shape index (κ1) is 18.1. The Balaban J connectivity index is 1.77. The number of ether oxygens (including phenoxy) is 2. The normalized spacial score (nSPS) is 25.3. The van der Waals surface area contributed by atoms with Crippen molar-refractivity contribution in [3.8, 4) is 5.75 Å². The van der Waals surface area contributed by atoms with Crippen LogP contribution >= 0.6 is 0 Å². The summed E-state index contributed by atoms with van der Waals surface area (Å²) in [6.45, 7) is 7.64. The van der Waals surface area contributed by atoms with Crippen LogP contribution in [0.25, 0.3) is 0 Å². The molecular formula is C20H31N3O2. The molecule has 5 nitrogen and oxygen atoms in total. The summed E-state index contributed by atoms with van der Waals surface area (Å²) in [4.78, 5) is 4.95. The average molecular weight is 345 g/mol. The van der Waals surface area contributed by atoms with Crippen molar-refractivity contribution in [2.45, 2.75) is 44.6 Å². The summed E-state index contributed by atoms with van der Waals surface area (Å²) in [7, 11) is 1.71. The molecule has 2 N–H and O–H groups in total. The third-order valence-electron chi connectivity index (χ3n) is 5.47. The van der Waals surface area contributed by atoms with Crippen LogP contribution in [0.2, 0.25) is 0 Å². The second-order valence-electron chi connectivity index (χ2n) is 7.28. The molecule has 5 heteroatoms. The number of hydrogen-bond donors (Lipinski definition) is 2. The molecule has 0 aromatic heterocycles. The second-order valence-corrected chi connectivity index (χ2v) is 7.28. The first-order chi connectivity index (χ1) is 12.2. The highest BCUT2D eigenvalue weighted by atomic mass is 16.5. The van der Waals surface area contributed by atoms with Crippen molar-refractivity contribution >= 4 is 5.96 Å². The van der Waals surface area contributed by atoms with Gasteiger partial charge in [-0.1, -0.05) is 19.1 Å². The van der Waals surface area contributed by atoms with E-state index in [1.54, 1.807) is 7.11 Å². The molecule has 2 atom stereocenters. The lowest BCUT2D eigenvalue weighted by molar-refractivity contribution is 0.0531. The minimum Gasteiger partial charge on any atom is -0.497 e. The minimum atomic E-state index is 0.0437. The molecule has 0 spiro atoms. The number of benzene rings is 1. The molecule has 3 rings (SSSR count). The van der Waals surface area contributed by atoms with E-state index in [4.69, 9.17) is 14.5 Å². The van der Waals surface area contributed by atoms with Crippen LogP contribution in [0.3, 0.4) is 0 Å². The van der Waals surface area contributed by atoms with Gasteiger partial charge in [-0.2, -0.15) is 0 Å². The molecule has 0 bridgehead atoms. The minimum absolute atomic E-state index is 0.0437. The van der Waals surface area contributed by atoms with Crippen molar-refractivity contribution in [2.75, 3.05) is 33.4 Å². The van der Waals surface area contributed by atoms with E-state index >= 15 is 0 Å². The van der Waals surface area contributed by atoms with Gasteiger partial charge in [0.05, 0.1) is 13.7 Å². The van der Waals surface area contributed by atoms with Crippen LogP contribution < -0.4 is 15.4 Å². The fourth-order valence-electron chi connectivity index (χ4n) is 3.49. The quantitative estimate of drug-likeness (QED) is 0.615. The average Bonchev–Trinajstić information content (AvgIpc) is 3.35. The van der Waals surface area contributed by atoms with Gasteiger partial charge in [0, 0.05) is 31.2 Å². The van der Waals surface area contributed by atoms with Crippen LogP contribution in [0.5, 0.6) is 5.75 Å². The van der Waals surface area contributed by atoms with Gasteiger partial charge in [0.25, 0.3) is 0 Å². The van der Waals surface area contributed by atoms with Gasteiger partial charge >= 0.3 is 0 Å². The number of rotatable bonds is 6. The predicted octanol–water partition coefficient (Wildman–Crippen LogP) is 2.71. The Labute approximate surface area is 151 Å². The van der Waals surface area contributed by atoms with Crippen LogP contribution in [0.1, 0.15) is 38.7 Å². The van der Waals surface area contributed by atoms with Crippen LogP contribution in [0.15, 0.2) is 29.3 Å². The van der Waals surface area contributed by atoms with E-state index in [0.717, 1.165) is 56.8 Å². The molecule has 2 aliphatic rings. The standard InChI is InChI=1S/C20H31N3O2/c1-4-21-19(23-18-13-15(18)2)22-14-20(9-11-25-12-10-20)16-5-7-17(24-3)8-6-16/h5-8,15,18H,4,9-14H2,1-3H3,(H2,21,22,23). The van der Waals surface area contributed by atoms with Crippen molar-refractivity contribution in [1.29, 1.82) is 0 Å². The van der Waals surface area contributed by atoms with Gasteiger partial charge in [0.1, 0.15) is 5.75 Å². The highest BCUT2D eigenvalue weighted by Gasteiger charge is 2.36. The molecule has 1 aliphatic carbocycles. The SMILES string of the molecule is CCNC(=NCC1(c2ccc(OC)cc2)CCOCC1)NC1CC1C. The monoisotopic (exact) mass is 345 g/mol. The zero-order chi connectivity index (χ0) is 17.7. The second kappa shape index (κ2) is 8.09. The zero-order valence-electron chi connectivity index (χ0n) is 15.7. The third-order valence-corrected chi connectivity index (χ3v) is 5.47. The van der Waals surface area contributed by atoms with E-state index in [9.17, 15) is 0 Å². The number of methoxy groups -OCH3 is 1. The Morgan fingerprint density at radius 2 is 1.96 bits per heavy atom. The lowest BCUT2D eigenvalue weighted by Crippen LogP contribution is -2.42. The van der Waals surface area contributed by atoms with Crippen LogP contribution in [0, 0.1) is 5.92 Å². The summed E-state index contributed by atoms with van der Waals surface area (Å²) >= 11 is 0. The highest BCUT2D eigenvalue weighted by Crippen LogP contribution is 2.36. The van der Waals surface area contributed by atoms with E-state index in [-0.39, 0.29) is 5.41 Å². The van der Waals surface area contributed by atoms with Crippen molar-refractivity contribution in [2.24, 2.45) is 10.9 Å². The Morgan fingerprint density at radius 3 is 2.52 bits per heavy atom. The Kier molecular flexibility index (Phi) is 5.84. The van der Waals surface area contributed by atoms with Gasteiger partial charge in [-0.25, -0.2) is 0 Å². The largest absolute Gasteiger partial charge is 0.497 e. The predicted molar refractivity (Wildman–Crippen MR) is 101 cm³/mol. The lowest BCUT2D eigenvalue weighted by Gasteiger charge is -2.36. The van der Waals surface area contributed by atoms with E-state index in [1.807, 2.05) is 12.1 Å². The maximum Gasteiger partial charge on any atom is 0.191 e. The molecule has 1 saturated carbocycles. The van der Waals surface area contributed by atoms with Crippen molar-refractivity contribution in [3.05, 3.63) is 29.8 Å². The molecule has 2 fully saturated rings. The fourth-order valence-corrected chi connectivity index (χ4v) is 3.49. The molecule has 2 unspecified atom stereocenters. The van der Waals surface area contributed by atoms with Gasteiger partial charge in [-0.15, -0.1) is 0 Å². The molecular weight excluding hydrogens is 314 g/mol. The maximum absolute atomic E-state index is 5.63. The van der Waals surface area contributed by atoms with Gasteiger partial charge < -0.3 is 20.1 Å². The van der Waals surface area contributed by atoms with Gasteiger partial charge in [-0.3, -0.25) is 4.99 Å². The molecule has 1 aromatic carbocycles. The smallest absolute Gasteiger partial charge is 0.191 e. The molecule has 138 valence electrons. The highest BCUT2D eigenvalue weighted by molar-refractivity contribution is 5.80. The number of nitrogens with zero attached hydrogens (tertiary/aromatic N) is 1. The lowest BCUT2D eigenvalue weighted by atomic mass is 9.74. The maximum atomic E-state index is 5.63. The summed E-state index contributed by atoms with van der Waals surface area (Å²) in [5.41, 5.74) is 1.37. The van der Waals surface area contributed by atoms with Crippen LogP contribution in [-0.2, 0) is 10.2 Å². The number of nitrogens with one attached hydrogen (secondary N) is 2. The fraction of sp³-hybridized carbons (Fsp3) is 0.650. The third kappa shape index (κ3) is 4.46. The van der Waals surface area contributed by atoms with Gasteiger partial charge in [0.15, 0.2) is 5.96 Å². The Morgan fingerprint density at radius 1 is 1.28 bits per heavy atom. The van der Waals surface area contributed by atoms with E-state index in [0.29, 0.717) is 6.04 Å². The molecule has 1 aliphatic heterocycles. The summed E-state index contributed by atoms with van der Waals surface area (Å²) in [5, 5.41) is 6.94. The topological polar surface area (TPSA) is 54.9 Å². The molecule has 1 aromatic rings. The molecule has 1 saturated heterocycles. The Bertz CT molecular complexity index is 579. The number of aliphatic imine (C=N–C) groups is 1. The van der Waals surface area contributed by atoms with E-state index in [2.05, 4.69) is 36.6 Å². The van der Waals surface area contributed by atoms with Gasteiger partial charge in [-0.05, 0) is 49.8 Å². The van der Waals surface area contributed by atoms with Crippen molar-refractivity contribution in [3.63, 3.8) is 0 Å². The molecule has 1 heterocycles. The van der Waals surface area contributed by atoms with Crippen molar-refractivity contribution in [1.82, 2.24) is 10.6 Å². The van der Waals surface area contributed by atoms with E-state index < -0.39 is 0 Å². The Hall–Kier alpha value is -1.75. The number of guanidine groups is 1. The summed E-state index contributed by atoms with van der Waals surface area (Å²) in [5.74, 6) is 2.59. The summed E-state index contributed by atoms with van der Waals surface area (Å²) in [6, 6.07) is 9.04. The molecule has 0 radical (unpaired) electrons. The van der Waals surface area contributed by atoms with Crippen molar-refractivity contribution < 1.29 is 9.47 Å². The van der Waals surface area contributed by atoms with E-state index in [1.165, 1.54) is 12.0 Å². The summed E-state index contributed by atoms with van der Waals surface area (Å²) in [6.07, 6.45) is 3.24. The molecule has 25 heavy (non-hydrogen) atoms. The van der Waals surface area contributed by atoms with Gasteiger partial charge in [0.2, 0.25) is 0 Å². The van der Waals surface area contributed by atoms with Crippen LogP contribution in [-0.4, -0.2) is 45.4 Å². The number of hydrogen-bond acceptors (Lipinski definition) is 3. The first-order valence-corrected chi connectivity index (χ1v) is 9.44. The van der Waals surface area contributed by atoms with Crippen LogP contribution in [0.4, 0.5) is 0 Å². The molecule has 0 amide bonds. The zero-order valence-corrected chi connectivity index (χ0v) is 15.7. The summed E-state index contributed by atoms with van der Waals surface area (Å²) < 4.78 is 10.9. The first-order valence-electron chi connectivity index (χ1n) is 9.44.